The Kier molecular flexibility index (Phi) is 3.59. The monoisotopic (exact) mass is 291 g/mol. The van der Waals surface area contributed by atoms with E-state index in [0.29, 0.717) is 13.1 Å². The van der Waals surface area contributed by atoms with Gasteiger partial charge in [0.1, 0.15) is 5.54 Å². The van der Waals surface area contributed by atoms with Crippen molar-refractivity contribution in [1.29, 1.82) is 0 Å². The summed E-state index contributed by atoms with van der Waals surface area (Å²) in [4.78, 5) is 35.8. The highest BCUT2D eigenvalue weighted by Crippen LogP contribution is 2.24. The first kappa shape index (κ1) is 14.8. The molecule has 4 N–H and O–H groups in total. The molecule has 7 nitrogen and oxygen atoms in total. The van der Waals surface area contributed by atoms with Gasteiger partial charge in [-0.15, -0.1) is 0 Å². The van der Waals surface area contributed by atoms with Crippen molar-refractivity contribution in [2.75, 3.05) is 0 Å². The largest absolute Gasteiger partial charge is 0.478 e. The summed E-state index contributed by atoms with van der Waals surface area (Å²) in [5.41, 5.74) is 5.95. The van der Waals surface area contributed by atoms with Gasteiger partial charge in [-0.3, -0.25) is 4.79 Å². The Morgan fingerprint density at radius 3 is 2.43 bits per heavy atom. The van der Waals surface area contributed by atoms with E-state index in [4.69, 9.17) is 10.8 Å². The molecule has 1 aromatic rings. The fourth-order valence-electron chi connectivity index (χ4n) is 2.08. The molecule has 3 amide bonds. The standard InChI is InChI=1S/C14H17N3O4/c1-14(2,12(15)20)16-13(21)17-6-9-4-3-8(11(18)19)5-10(9)7-17/h3-5H,6-7H2,1-2H3,(H2,15,20)(H,16,21)(H,18,19). The lowest BCUT2D eigenvalue weighted by atomic mass is 10.1. The Labute approximate surface area is 121 Å². The van der Waals surface area contributed by atoms with E-state index >= 15 is 0 Å². The molecule has 0 spiro atoms. The smallest absolute Gasteiger partial charge is 0.335 e. The Balaban J connectivity index is 2.11. The second-order valence-corrected chi connectivity index (χ2v) is 5.56. The third-order valence-electron chi connectivity index (χ3n) is 3.50. The van der Waals surface area contributed by atoms with Crippen LogP contribution in [0.3, 0.4) is 0 Å². The first-order valence-electron chi connectivity index (χ1n) is 6.43. The van der Waals surface area contributed by atoms with Gasteiger partial charge in [0.15, 0.2) is 0 Å². The van der Waals surface area contributed by atoms with Crippen LogP contribution in [-0.2, 0) is 17.9 Å². The number of benzene rings is 1. The molecule has 0 bridgehead atoms. The molecule has 7 heteroatoms. The van der Waals surface area contributed by atoms with Gasteiger partial charge in [0.2, 0.25) is 5.91 Å². The number of carboxylic acid groups (broad SMARTS) is 1. The number of nitrogens with zero attached hydrogens (tertiary/aromatic N) is 1. The van der Waals surface area contributed by atoms with E-state index < -0.39 is 23.4 Å². The van der Waals surface area contributed by atoms with Gasteiger partial charge in [-0.05, 0) is 37.1 Å². The lowest BCUT2D eigenvalue weighted by Crippen LogP contribution is -2.55. The molecule has 0 saturated carbocycles. The summed E-state index contributed by atoms with van der Waals surface area (Å²) in [7, 11) is 0. The van der Waals surface area contributed by atoms with Crippen molar-refractivity contribution < 1.29 is 19.5 Å². The SMILES string of the molecule is CC(C)(NC(=O)N1Cc2ccc(C(=O)O)cc2C1)C(N)=O. The number of hydrogen-bond acceptors (Lipinski definition) is 3. The molecule has 0 atom stereocenters. The topological polar surface area (TPSA) is 113 Å². The molecule has 2 rings (SSSR count). The highest BCUT2D eigenvalue weighted by Gasteiger charge is 2.31. The molecule has 0 saturated heterocycles. The van der Waals surface area contributed by atoms with Gasteiger partial charge in [-0.25, -0.2) is 9.59 Å². The fourth-order valence-corrected chi connectivity index (χ4v) is 2.08. The minimum atomic E-state index is -1.14. The molecule has 1 heterocycles. The highest BCUT2D eigenvalue weighted by molar-refractivity contribution is 5.90. The molecule has 0 fully saturated rings. The summed E-state index contributed by atoms with van der Waals surface area (Å²) < 4.78 is 0. The third kappa shape index (κ3) is 2.96. The van der Waals surface area contributed by atoms with Crippen molar-refractivity contribution in [2.24, 2.45) is 5.73 Å². The van der Waals surface area contributed by atoms with Gasteiger partial charge in [-0.2, -0.15) is 0 Å². The van der Waals surface area contributed by atoms with Gasteiger partial charge >= 0.3 is 12.0 Å². The van der Waals surface area contributed by atoms with Gasteiger partial charge in [-0.1, -0.05) is 6.07 Å². The predicted molar refractivity (Wildman–Crippen MR) is 74.5 cm³/mol. The minimum Gasteiger partial charge on any atom is -0.478 e. The number of urea groups is 1. The van der Waals surface area contributed by atoms with Crippen LogP contribution in [0.15, 0.2) is 18.2 Å². The van der Waals surface area contributed by atoms with Gasteiger partial charge in [0, 0.05) is 13.1 Å². The Morgan fingerprint density at radius 1 is 1.24 bits per heavy atom. The summed E-state index contributed by atoms with van der Waals surface area (Å²) in [5.74, 6) is -1.63. The molecule has 0 radical (unpaired) electrons. The van der Waals surface area contributed by atoms with Gasteiger partial charge in [0.25, 0.3) is 0 Å². The van der Waals surface area contributed by atoms with Crippen LogP contribution in [-0.4, -0.2) is 33.5 Å². The van der Waals surface area contributed by atoms with E-state index in [2.05, 4.69) is 5.32 Å². The summed E-state index contributed by atoms with van der Waals surface area (Å²) in [5, 5.41) is 11.5. The average molecular weight is 291 g/mol. The lowest BCUT2D eigenvalue weighted by molar-refractivity contribution is -0.122. The van der Waals surface area contributed by atoms with E-state index in [0.717, 1.165) is 11.1 Å². The molecule has 1 aliphatic rings. The number of carbonyl (C=O) groups excluding carboxylic acids is 2. The third-order valence-corrected chi connectivity index (χ3v) is 3.50. The van der Waals surface area contributed by atoms with Crippen LogP contribution in [0.2, 0.25) is 0 Å². The molecule has 21 heavy (non-hydrogen) atoms. The molecule has 1 aliphatic heterocycles. The maximum Gasteiger partial charge on any atom is 0.335 e. The molecule has 0 aromatic heterocycles. The number of carboxylic acids is 1. The number of fused-ring (bicyclic) bond motifs is 1. The van der Waals surface area contributed by atoms with E-state index in [-0.39, 0.29) is 5.56 Å². The molecule has 0 aliphatic carbocycles. The van der Waals surface area contributed by atoms with Gasteiger partial charge < -0.3 is 21.1 Å². The predicted octanol–water partition coefficient (Wildman–Crippen LogP) is 0.674. The van der Waals surface area contributed by atoms with Crippen LogP contribution in [0.25, 0.3) is 0 Å². The zero-order valence-corrected chi connectivity index (χ0v) is 11.8. The Morgan fingerprint density at radius 2 is 1.86 bits per heavy atom. The van der Waals surface area contributed by atoms with Crippen molar-refractivity contribution in [3.05, 3.63) is 34.9 Å². The van der Waals surface area contributed by atoms with Crippen LogP contribution in [0.4, 0.5) is 4.79 Å². The quantitative estimate of drug-likeness (QED) is 0.759. The first-order valence-corrected chi connectivity index (χ1v) is 6.43. The van der Waals surface area contributed by atoms with E-state index in [1.54, 1.807) is 12.1 Å². The summed E-state index contributed by atoms with van der Waals surface area (Å²) >= 11 is 0. The lowest BCUT2D eigenvalue weighted by Gasteiger charge is -2.26. The summed E-state index contributed by atoms with van der Waals surface area (Å²) in [6, 6.07) is 4.36. The molecule has 1 aromatic carbocycles. The Bertz CT molecular complexity index is 625. The number of aromatic carboxylic acids is 1. The number of hydrogen-bond donors (Lipinski definition) is 3. The van der Waals surface area contributed by atoms with Crippen LogP contribution >= 0.6 is 0 Å². The number of nitrogens with one attached hydrogen (secondary N) is 1. The summed E-state index contributed by atoms with van der Waals surface area (Å²) in [6.45, 7) is 3.73. The number of carbonyl (C=O) groups is 3. The van der Waals surface area contributed by atoms with Crippen molar-refractivity contribution in [1.82, 2.24) is 10.2 Å². The van der Waals surface area contributed by atoms with Crippen molar-refractivity contribution in [3.8, 4) is 0 Å². The maximum atomic E-state index is 12.1. The van der Waals surface area contributed by atoms with Crippen LogP contribution in [0.5, 0.6) is 0 Å². The molecule has 0 unspecified atom stereocenters. The number of amides is 3. The summed E-state index contributed by atoms with van der Waals surface area (Å²) in [6.07, 6.45) is 0. The second-order valence-electron chi connectivity index (χ2n) is 5.56. The van der Waals surface area contributed by atoms with Crippen molar-refractivity contribution in [2.45, 2.75) is 32.5 Å². The second kappa shape index (κ2) is 5.08. The van der Waals surface area contributed by atoms with Crippen LogP contribution in [0, 0.1) is 0 Å². The highest BCUT2D eigenvalue weighted by atomic mass is 16.4. The van der Waals surface area contributed by atoms with E-state index in [9.17, 15) is 14.4 Å². The first-order chi connectivity index (χ1) is 9.70. The maximum absolute atomic E-state index is 12.1. The Hall–Kier alpha value is -2.57. The van der Waals surface area contributed by atoms with Gasteiger partial charge in [0.05, 0.1) is 5.56 Å². The average Bonchev–Trinajstić information content (AvgIpc) is 2.80. The molecular weight excluding hydrogens is 274 g/mol. The molecular formula is C14H17N3O4. The zero-order valence-electron chi connectivity index (χ0n) is 11.8. The fraction of sp³-hybridized carbons (Fsp3) is 0.357. The van der Waals surface area contributed by atoms with Crippen molar-refractivity contribution >= 4 is 17.9 Å². The van der Waals surface area contributed by atoms with Crippen LogP contribution in [0.1, 0.15) is 35.3 Å². The van der Waals surface area contributed by atoms with Crippen molar-refractivity contribution in [3.63, 3.8) is 0 Å². The minimum absolute atomic E-state index is 0.188. The number of primary amides is 1. The van der Waals surface area contributed by atoms with E-state index in [1.807, 2.05) is 0 Å². The normalized spacial score (nSPS) is 13.7. The van der Waals surface area contributed by atoms with E-state index in [1.165, 1.54) is 24.8 Å². The number of nitrogens with two attached hydrogens (primary N) is 1. The van der Waals surface area contributed by atoms with Crippen LogP contribution < -0.4 is 11.1 Å². The zero-order chi connectivity index (χ0) is 15.8. The number of rotatable bonds is 3. The molecule has 112 valence electrons.